The number of aryl methyl sites for hydroxylation is 2. The van der Waals surface area contributed by atoms with Crippen molar-refractivity contribution in [1.82, 2.24) is 5.32 Å². The maximum atomic E-state index is 11.2. The van der Waals surface area contributed by atoms with E-state index in [-0.39, 0.29) is 12.3 Å². The molecule has 0 heterocycles. The number of ether oxygens (including phenoxy) is 1. The Labute approximate surface area is 101 Å². The molecule has 1 aromatic rings. The highest BCUT2D eigenvalue weighted by Crippen LogP contribution is 2.22. The summed E-state index contributed by atoms with van der Waals surface area (Å²) in [7, 11) is 1.60. The van der Waals surface area contributed by atoms with E-state index in [0.717, 1.165) is 22.4 Å². The van der Waals surface area contributed by atoms with Crippen LogP contribution in [0.4, 0.5) is 0 Å². The minimum absolute atomic E-state index is 0.118. The number of nitriles is 1. The number of nitrogens with one attached hydrogen (secondary N) is 1. The number of benzene rings is 1. The fourth-order valence-corrected chi connectivity index (χ4v) is 1.51. The zero-order valence-electron chi connectivity index (χ0n) is 10.3. The first-order valence-electron chi connectivity index (χ1n) is 5.36. The van der Waals surface area contributed by atoms with Crippen molar-refractivity contribution in [3.05, 3.63) is 28.8 Å². The predicted molar refractivity (Wildman–Crippen MR) is 64.5 cm³/mol. The number of hydrogen-bond acceptors (Lipinski definition) is 3. The van der Waals surface area contributed by atoms with Crippen LogP contribution in [0.5, 0.6) is 5.75 Å². The second kappa shape index (κ2) is 5.90. The molecule has 0 spiro atoms. The summed E-state index contributed by atoms with van der Waals surface area (Å²) in [6, 6.07) is 5.74. The van der Waals surface area contributed by atoms with Crippen molar-refractivity contribution in [3.8, 4) is 11.8 Å². The molecule has 0 aliphatic rings. The van der Waals surface area contributed by atoms with Gasteiger partial charge in [0.15, 0.2) is 0 Å². The second-order valence-corrected chi connectivity index (χ2v) is 3.86. The Morgan fingerprint density at radius 1 is 1.41 bits per heavy atom. The first-order chi connectivity index (χ1) is 8.08. The summed E-state index contributed by atoms with van der Waals surface area (Å²) < 4.78 is 5.26. The van der Waals surface area contributed by atoms with Gasteiger partial charge in [-0.25, -0.2) is 0 Å². The zero-order valence-corrected chi connectivity index (χ0v) is 10.3. The van der Waals surface area contributed by atoms with Gasteiger partial charge in [0.25, 0.3) is 0 Å². The molecule has 90 valence electrons. The van der Waals surface area contributed by atoms with Crippen molar-refractivity contribution in [2.24, 2.45) is 0 Å². The smallest absolute Gasteiger partial charge is 0.234 e. The number of nitrogens with zero attached hydrogens (tertiary/aromatic N) is 1. The number of rotatable bonds is 4. The average Bonchev–Trinajstić information content (AvgIpc) is 2.30. The van der Waals surface area contributed by atoms with Gasteiger partial charge in [-0.15, -0.1) is 0 Å². The summed E-state index contributed by atoms with van der Waals surface area (Å²) >= 11 is 0. The Kier molecular flexibility index (Phi) is 4.53. The van der Waals surface area contributed by atoms with E-state index in [1.165, 1.54) is 0 Å². The third kappa shape index (κ3) is 3.49. The Hall–Kier alpha value is -2.02. The third-order valence-electron chi connectivity index (χ3n) is 2.61. The Balaban J connectivity index is 2.80. The van der Waals surface area contributed by atoms with E-state index in [0.29, 0.717) is 6.54 Å². The van der Waals surface area contributed by atoms with Crippen molar-refractivity contribution >= 4 is 5.91 Å². The van der Waals surface area contributed by atoms with Gasteiger partial charge in [-0.2, -0.15) is 5.26 Å². The van der Waals surface area contributed by atoms with Crippen LogP contribution < -0.4 is 10.1 Å². The van der Waals surface area contributed by atoms with Gasteiger partial charge >= 0.3 is 0 Å². The molecule has 0 aromatic heterocycles. The predicted octanol–water partition coefficient (Wildman–Crippen LogP) is 1.84. The van der Waals surface area contributed by atoms with Crippen molar-refractivity contribution in [3.63, 3.8) is 0 Å². The number of carbonyl (C=O) groups is 1. The number of amides is 1. The minimum Gasteiger partial charge on any atom is -0.496 e. The first kappa shape index (κ1) is 13.0. The van der Waals surface area contributed by atoms with Crippen LogP contribution in [0.3, 0.4) is 0 Å². The van der Waals surface area contributed by atoms with Crippen molar-refractivity contribution in [2.45, 2.75) is 26.8 Å². The van der Waals surface area contributed by atoms with Crippen LogP contribution in [-0.2, 0) is 11.3 Å². The summed E-state index contributed by atoms with van der Waals surface area (Å²) in [5, 5.41) is 11.1. The topological polar surface area (TPSA) is 62.1 Å². The van der Waals surface area contributed by atoms with E-state index in [1.54, 1.807) is 7.11 Å². The molecule has 0 saturated carbocycles. The van der Waals surface area contributed by atoms with Crippen LogP contribution in [0.1, 0.15) is 23.1 Å². The molecule has 0 aliphatic carbocycles. The van der Waals surface area contributed by atoms with Gasteiger partial charge in [-0.1, -0.05) is 6.07 Å². The summed E-state index contributed by atoms with van der Waals surface area (Å²) in [5.41, 5.74) is 3.21. The molecule has 4 heteroatoms. The van der Waals surface area contributed by atoms with Gasteiger partial charge in [0, 0.05) is 12.1 Å². The number of methoxy groups -OCH3 is 1. The van der Waals surface area contributed by atoms with Gasteiger partial charge in [0.1, 0.15) is 12.2 Å². The Bertz CT molecular complexity index is 461. The van der Waals surface area contributed by atoms with Gasteiger partial charge < -0.3 is 10.1 Å². The Morgan fingerprint density at radius 3 is 2.65 bits per heavy atom. The van der Waals surface area contributed by atoms with E-state index >= 15 is 0 Å². The molecule has 17 heavy (non-hydrogen) atoms. The first-order valence-corrected chi connectivity index (χ1v) is 5.36. The van der Waals surface area contributed by atoms with Gasteiger partial charge in [0.05, 0.1) is 13.2 Å². The molecule has 0 radical (unpaired) electrons. The van der Waals surface area contributed by atoms with Crippen molar-refractivity contribution < 1.29 is 9.53 Å². The molecule has 0 aliphatic heterocycles. The normalized spacial score (nSPS) is 9.53. The molecule has 1 rings (SSSR count). The number of carbonyl (C=O) groups excluding carboxylic acids is 1. The maximum absolute atomic E-state index is 11.2. The lowest BCUT2D eigenvalue weighted by atomic mass is 10.0. The lowest BCUT2D eigenvalue weighted by molar-refractivity contribution is -0.120. The molecule has 0 atom stereocenters. The molecule has 0 fully saturated rings. The summed E-state index contributed by atoms with van der Waals surface area (Å²) in [4.78, 5) is 11.2. The fourth-order valence-electron chi connectivity index (χ4n) is 1.51. The standard InChI is InChI=1S/C13H16N2O2/c1-9-6-11(8-15-13(16)4-5-14)12(17-3)7-10(9)2/h6-7H,4,8H2,1-3H3,(H,15,16). The van der Waals surface area contributed by atoms with Gasteiger partial charge in [0.2, 0.25) is 5.91 Å². The second-order valence-electron chi connectivity index (χ2n) is 3.86. The molecule has 0 saturated heterocycles. The lowest BCUT2D eigenvalue weighted by Crippen LogP contribution is -2.22. The molecular formula is C13H16N2O2. The van der Waals surface area contributed by atoms with Crippen LogP contribution >= 0.6 is 0 Å². The van der Waals surface area contributed by atoms with E-state index in [4.69, 9.17) is 10.00 Å². The third-order valence-corrected chi connectivity index (χ3v) is 2.61. The summed E-state index contributed by atoms with van der Waals surface area (Å²) in [5.74, 6) is 0.484. The quantitative estimate of drug-likeness (QED) is 0.861. The summed E-state index contributed by atoms with van der Waals surface area (Å²) in [6.45, 7) is 4.40. The molecule has 0 bridgehead atoms. The van der Waals surface area contributed by atoms with Crippen LogP contribution in [0.25, 0.3) is 0 Å². The molecule has 4 nitrogen and oxygen atoms in total. The molecular weight excluding hydrogens is 216 g/mol. The van der Waals surface area contributed by atoms with E-state index in [9.17, 15) is 4.79 Å². The van der Waals surface area contributed by atoms with Crippen molar-refractivity contribution in [2.75, 3.05) is 7.11 Å². The molecule has 1 aromatic carbocycles. The maximum Gasteiger partial charge on any atom is 0.234 e. The fraction of sp³-hybridized carbons (Fsp3) is 0.385. The molecule has 0 unspecified atom stereocenters. The van der Waals surface area contributed by atoms with Gasteiger partial charge in [-0.3, -0.25) is 4.79 Å². The van der Waals surface area contributed by atoms with Crippen LogP contribution in [0, 0.1) is 25.2 Å². The Morgan fingerprint density at radius 2 is 2.06 bits per heavy atom. The van der Waals surface area contributed by atoms with Crippen LogP contribution in [-0.4, -0.2) is 13.0 Å². The SMILES string of the molecule is COc1cc(C)c(C)cc1CNC(=O)CC#N. The minimum atomic E-state index is -0.271. The van der Waals surface area contributed by atoms with E-state index in [1.807, 2.05) is 32.0 Å². The largest absolute Gasteiger partial charge is 0.496 e. The van der Waals surface area contributed by atoms with Crippen molar-refractivity contribution in [1.29, 1.82) is 5.26 Å². The number of hydrogen-bond donors (Lipinski definition) is 1. The summed E-state index contributed by atoms with van der Waals surface area (Å²) in [6.07, 6.45) is -0.118. The molecule has 1 N–H and O–H groups in total. The average molecular weight is 232 g/mol. The zero-order chi connectivity index (χ0) is 12.8. The van der Waals surface area contributed by atoms with E-state index < -0.39 is 0 Å². The highest BCUT2D eigenvalue weighted by atomic mass is 16.5. The highest BCUT2D eigenvalue weighted by Gasteiger charge is 2.07. The highest BCUT2D eigenvalue weighted by molar-refractivity contribution is 5.78. The molecule has 1 amide bonds. The monoisotopic (exact) mass is 232 g/mol. The van der Waals surface area contributed by atoms with Gasteiger partial charge in [-0.05, 0) is 31.0 Å². The van der Waals surface area contributed by atoms with Crippen LogP contribution in [0.2, 0.25) is 0 Å². The van der Waals surface area contributed by atoms with Crippen LogP contribution in [0.15, 0.2) is 12.1 Å². The van der Waals surface area contributed by atoms with E-state index in [2.05, 4.69) is 5.32 Å². The lowest BCUT2D eigenvalue weighted by Gasteiger charge is -2.12.